The Morgan fingerprint density at radius 2 is 1.76 bits per heavy atom. The van der Waals surface area contributed by atoms with E-state index in [1.165, 1.54) is 11.1 Å². The number of halogens is 1. The van der Waals surface area contributed by atoms with E-state index in [2.05, 4.69) is 42.7 Å². The minimum absolute atomic E-state index is 0.0117. The predicted molar refractivity (Wildman–Crippen MR) is 132 cm³/mol. The molecule has 0 spiro atoms. The van der Waals surface area contributed by atoms with E-state index in [4.69, 9.17) is 21.3 Å². The van der Waals surface area contributed by atoms with Crippen LogP contribution in [0.15, 0.2) is 66.7 Å². The van der Waals surface area contributed by atoms with Crippen LogP contribution in [0.2, 0.25) is 5.02 Å². The van der Waals surface area contributed by atoms with E-state index in [-0.39, 0.29) is 11.8 Å². The summed E-state index contributed by atoms with van der Waals surface area (Å²) < 4.78 is 8.29. The van der Waals surface area contributed by atoms with Gasteiger partial charge < -0.3 is 14.2 Å². The van der Waals surface area contributed by atoms with Gasteiger partial charge in [0.25, 0.3) is 0 Å². The molecule has 0 radical (unpaired) electrons. The molecule has 1 aromatic heterocycles. The fraction of sp³-hybridized carbons (Fsp3) is 0.259. The molecular formula is C27H26ClN3O2. The Labute approximate surface area is 198 Å². The lowest BCUT2D eigenvalue weighted by Gasteiger charge is -2.18. The maximum absolute atomic E-state index is 12.9. The Bertz CT molecular complexity index is 1310. The average molecular weight is 460 g/mol. The first-order chi connectivity index (χ1) is 16.0. The average Bonchev–Trinajstić information content (AvgIpc) is 3.34. The zero-order valence-corrected chi connectivity index (χ0v) is 19.5. The molecule has 3 aromatic carbocycles. The van der Waals surface area contributed by atoms with Gasteiger partial charge in [0, 0.05) is 18.9 Å². The molecule has 6 heteroatoms. The Morgan fingerprint density at radius 3 is 2.55 bits per heavy atom. The molecule has 168 valence electrons. The molecule has 1 aliphatic rings. The number of anilines is 1. The van der Waals surface area contributed by atoms with E-state index in [0.29, 0.717) is 31.1 Å². The summed E-state index contributed by atoms with van der Waals surface area (Å²) in [6, 6.07) is 21.8. The van der Waals surface area contributed by atoms with Crippen molar-refractivity contribution in [1.82, 2.24) is 9.55 Å². The van der Waals surface area contributed by atoms with Gasteiger partial charge in [0.2, 0.25) is 5.91 Å². The standard InChI is InChI=1S/C27H26ClN3O2/c1-18-13-19(2)15-21(14-18)33-12-11-30-25-10-6-4-8-23(25)29-27(30)20-16-26(32)31(17-20)24-9-5-3-7-22(24)28/h3-10,13-15,20H,11-12,16-17H2,1-2H3/t20-/m0/s1. The Morgan fingerprint density at radius 1 is 1.03 bits per heavy atom. The maximum atomic E-state index is 12.9. The van der Waals surface area contributed by atoms with Crippen molar-refractivity contribution in [2.24, 2.45) is 0 Å². The molecule has 1 amide bonds. The summed E-state index contributed by atoms with van der Waals surface area (Å²) in [6.45, 7) is 5.88. The molecule has 1 aliphatic heterocycles. The third-order valence-corrected chi connectivity index (χ3v) is 6.42. The summed E-state index contributed by atoms with van der Waals surface area (Å²) >= 11 is 6.38. The molecule has 4 aromatic rings. The van der Waals surface area contributed by atoms with Crippen LogP contribution in [0.3, 0.4) is 0 Å². The molecular weight excluding hydrogens is 434 g/mol. The summed E-state index contributed by atoms with van der Waals surface area (Å²) in [6.07, 6.45) is 0.409. The van der Waals surface area contributed by atoms with Crippen molar-refractivity contribution in [3.8, 4) is 5.75 Å². The van der Waals surface area contributed by atoms with E-state index in [1.54, 1.807) is 4.90 Å². The second-order valence-corrected chi connectivity index (χ2v) is 9.05. The van der Waals surface area contributed by atoms with Crippen LogP contribution < -0.4 is 9.64 Å². The second kappa shape index (κ2) is 8.91. The minimum Gasteiger partial charge on any atom is -0.492 e. The zero-order chi connectivity index (χ0) is 22.9. The summed E-state index contributed by atoms with van der Waals surface area (Å²) in [4.78, 5) is 19.6. The molecule has 5 rings (SSSR count). The van der Waals surface area contributed by atoms with E-state index < -0.39 is 0 Å². The normalized spacial score (nSPS) is 16.0. The van der Waals surface area contributed by atoms with Gasteiger partial charge in [-0.15, -0.1) is 0 Å². The van der Waals surface area contributed by atoms with Gasteiger partial charge in [0.15, 0.2) is 0 Å². The highest BCUT2D eigenvalue weighted by Crippen LogP contribution is 2.36. The number of fused-ring (bicyclic) bond motifs is 1. The number of rotatable bonds is 6. The van der Waals surface area contributed by atoms with Crippen LogP contribution in [0.4, 0.5) is 5.69 Å². The number of para-hydroxylation sites is 3. The van der Waals surface area contributed by atoms with Crippen LogP contribution in [0.5, 0.6) is 5.75 Å². The monoisotopic (exact) mass is 459 g/mol. The quantitative estimate of drug-likeness (QED) is 0.360. The number of carbonyl (C=O) groups is 1. The number of aromatic nitrogens is 2. The molecule has 1 fully saturated rings. The number of carbonyl (C=O) groups excluding carboxylic acids is 1. The van der Waals surface area contributed by atoms with Gasteiger partial charge in [-0.05, 0) is 61.4 Å². The van der Waals surface area contributed by atoms with E-state index in [9.17, 15) is 4.79 Å². The summed E-state index contributed by atoms with van der Waals surface area (Å²) in [5, 5.41) is 0.585. The summed E-state index contributed by atoms with van der Waals surface area (Å²) in [7, 11) is 0. The number of hydrogen-bond acceptors (Lipinski definition) is 3. The molecule has 0 unspecified atom stereocenters. The van der Waals surface area contributed by atoms with Crippen molar-refractivity contribution in [3.05, 3.63) is 88.7 Å². The molecule has 0 N–H and O–H groups in total. The van der Waals surface area contributed by atoms with Gasteiger partial charge in [-0.3, -0.25) is 4.79 Å². The van der Waals surface area contributed by atoms with E-state index in [1.807, 2.05) is 42.5 Å². The highest BCUT2D eigenvalue weighted by atomic mass is 35.5. The van der Waals surface area contributed by atoms with Crippen molar-refractivity contribution < 1.29 is 9.53 Å². The molecule has 1 saturated heterocycles. The number of benzene rings is 3. The van der Waals surface area contributed by atoms with Gasteiger partial charge in [0.1, 0.15) is 18.2 Å². The van der Waals surface area contributed by atoms with Crippen LogP contribution >= 0.6 is 11.6 Å². The second-order valence-electron chi connectivity index (χ2n) is 8.64. The first-order valence-corrected chi connectivity index (χ1v) is 11.6. The lowest BCUT2D eigenvalue weighted by molar-refractivity contribution is -0.117. The molecule has 2 heterocycles. The molecule has 33 heavy (non-hydrogen) atoms. The van der Waals surface area contributed by atoms with Gasteiger partial charge in [-0.2, -0.15) is 0 Å². The van der Waals surface area contributed by atoms with E-state index in [0.717, 1.165) is 28.3 Å². The van der Waals surface area contributed by atoms with E-state index >= 15 is 0 Å². The number of ether oxygens (including phenoxy) is 1. The maximum Gasteiger partial charge on any atom is 0.227 e. The highest BCUT2D eigenvalue weighted by Gasteiger charge is 2.35. The van der Waals surface area contributed by atoms with Crippen LogP contribution in [0, 0.1) is 13.8 Å². The Balaban J connectivity index is 1.41. The first-order valence-electron chi connectivity index (χ1n) is 11.2. The lowest BCUT2D eigenvalue weighted by atomic mass is 10.1. The SMILES string of the molecule is Cc1cc(C)cc(OCCn2c([C@H]3CC(=O)N(c4ccccc4Cl)C3)nc3ccccc32)c1. The van der Waals surface area contributed by atoms with Gasteiger partial charge in [-0.1, -0.05) is 41.9 Å². The van der Waals surface area contributed by atoms with Crippen LogP contribution in [0.1, 0.15) is 29.3 Å². The Kier molecular flexibility index (Phi) is 5.81. The third-order valence-electron chi connectivity index (χ3n) is 6.10. The predicted octanol–water partition coefficient (Wildman–Crippen LogP) is 5.91. The number of aryl methyl sites for hydroxylation is 2. The summed E-state index contributed by atoms with van der Waals surface area (Å²) in [5.74, 6) is 1.85. The third kappa shape index (κ3) is 4.33. The smallest absolute Gasteiger partial charge is 0.227 e. The van der Waals surface area contributed by atoms with Gasteiger partial charge in [-0.25, -0.2) is 4.98 Å². The van der Waals surface area contributed by atoms with Crippen molar-refractivity contribution in [1.29, 1.82) is 0 Å². The molecule has 0 saturated carbocycles. The number of hydrogen-bond donors (Lipinski definition) is 0. The fourth-order valence-corrected chi connectivity index (χ4v) is 4.93. The Hall–Kier alpha value is -3.31. The molecule has 0 bridgehead atoms. The van der Waals surface area contributed by atoms with Crippen LogP contribution in [-0.2, 0) is 11.3 Å². The van der Waals surface area contributed by atoms with Crippen molar-refractivity contribution in [2.45, 2.75) is 32.7 Å². The number of nitrogens with zero attached hydrogens (tertiary/aromatic N) is 3. The lowest BCUT2D eigenvalue weighted by Crippen LogP contribution is -2.25. The van der Waals surface area contributed by atoms with Crippen molar-refractivity contribution in [3.63, 3.8) is 0 Å². The number of imidazole rings is 1. The molecule has 5 nitrogen and oxygen atoms in total. The zero-order valence-electron chi connectivity index (χ0n) is 18.8. The van der Waals surface area contributed by atoms with Crippen LogP contribution in [0.25, 0.3) is 11.0 Å². The number of amides is 1. The fourth-order valence-electron chi connectivity index (χ4n) is 4.70. The van der Waals surface area contributed by atoms with Crippen molar-refractivity contribution in [2.75, 3.05) is 18.1 Å². The first kappa shape index (κ1) is 21.5. The summed E-state index contributed by atoms with van der Waals surface area (Å²) in [5.41, 5.74) is 5.11. The van der Waals surface area contributed by atoms with Gasteiger partial charge in [0.05, 0.1) is 28.3 Å². The van der Waals surface area contributed by atoms with Gasteiger partial charge >= 0.3 is 0 Å². The van der Waals surface area contributed by atoms with Crippen LogP contribution in [-0.4, -0.2) is 28.6 Å². The minimum atomic E-state index is -0.0117. The topological polar surface area (TPSA) is 47.4 Å². The largest absolute Gasteiger partial charge is 0.492 e. The highest BCUT2D eigenvalue weighted by molar-refractivity contribution is 6.33. The molecule has 1 atom stereocenters. The van der Waals surface area contributed by atoms with Crippen molar-refractivity contribution >= 4 is 34.2 Å². The molecule has 0 aliphatic carbocycles.